The van der Waals surface area contributed by atoms with Gasteiger partial charge in [0.05, 0.1) is 11.2 Å². The standard InChI is InChI=1S/C10H7Br3N2/c11-10(12,13)9-5-7(14)6-3-1-2-4-8(6)15-9/h1-5H,(H2,14,15). The van der Waals surface area contributed by atoms with E-state index < -0.39 is 2.14 Å². The zero-order valence-corrected chi connectivity index (χ0v) is 12.3. The molecule has 2 rings (SSSR count). The second-order valence-corrected chi connectivity index (χ2v) is 9.87. The van der Waals surface area contributed by atoms with Crippen molar-refractivity contribution in [1.82, 2.24) is 4.98 Å². The van der Waals surface area contributed by atoms with Crippen LogP contribution in [0.15, 0.2) is 30.3 Å². The molecule has 0 atom stereocenters. The quantitative estimate of drug-likeness (QED) is 0.683. The highest BCUT2D eigenvalue weighted by Crippen LogP contribution is 2.44. The summed E-state index contributed by atoms with van der Waals surface area (Å²) >= 11 is 10.3. The first kappa shape index (κ1) is 11.4. The number of nitrogens with zero attached hydrogens (tertiary/aromatic N) is 1. The molecule has 78 valence electrons. The normalized spacial score (nSPS) is 11.9. The molecule has 0 aliphatic carbocycles. The minimum absolute atomic E-state index is 0.523. The van der Waals surface area contributed by atoms with Crippen molar-refractivity contribution >= 4 is 64.4 Å². The van der Waals surface area contributed by atoms with Crippen LogP contribution in [-0.4, -0.2) is 4.98 Å². The Kier molecular flexibility index (Phi) is 3.05. The van der Waals surface area contributed by atoms with E-state index in [0.29, 0.717) is 0 Å². The zero-order chi connectivity index (χ0) is 11.1. The number of hydrogen-bond acceptors (Lipinski definition) is 2. The summed E-state index contributed by atoms with van der Waals surface area (Å²) in [5.41, 5.74) is 8.35. The summed E-state index contributed by atoms with van der Waals surface area (Å²) in [6, 6.07) is 9.62. The Morgan fingerprint density at radius 1 is 1.13 bits per heavy atom. The van der Waals surface area contributed by atoms with Crippen LogP contribution in [0.5, 0.6) is 0 Å². The first-order valence-electron chi connectivity index (χ1n) is 4.21. The molecular formula is C10H7Br3N2. The van der Waals surface area contributed by atoms with Crippen LogP contribution in [0.3, 0.4) is 0 Å². The summed E-state index contributed by atoms with van der Waals surface area (Å²) in [6.07, 6.45) is 0. The van der Waals surface area contributed by atoms with Crippen LogP contribution < -0.4 is 5.73 Å². The number of nitrogen functional groups attached to an aromatic ring is 1. The van der Waals surface area contributed by atoms with Crippen molar-refractivity contribution in [2.45, 2.75) is 2.14 Å². The number of halogens is 3. The molecule has 2 nitrogen and oxygen atoms in total. The number of hydrogen-bond donors (Lipinski definition) is 1. The van der Waals surface area contributed by atoms with Crippen LogP contribution in [0.2, 0.25) is 0 Å². The lowest BCUT2D eigenvalue weighted by Gasteiger charge is -2.13. The predicted octanol–water partition coefficient (Wildman–Crippen LogP) is 4.11. The smallest absolute Gasteiger partial charge is 0.176 e. The molecule has 0 saturated heterocycles. The number of benzene rings is 1. The number of para-hydroxylation sites is 1. The minimum Gasteiger partial charge on any atom is -0.398 e. The lowest BCUT2D eigenvalue weighted by molar-refractivity contribution is 1.20. The van der Waals surface area contributed by atoms with Crippen LogP contribution >= 0.6 is 47.8 Å². The van der Waals surface area contributed by atoms with Gasteiger partial charge < -0.3 is 5.73 Å². The Labute approximate surface area is 113 Å². The van der Waals surface area contributed by atoms with E-state index in [1.165, 1.54) is 0 Å². The summed E-state index contributed by atoms with van der Waals surface area (Å²) in [7, 11) is 0. The van der Waals surface area contributed by atoms with Gasteiger partial charge in [-0.15, -0.1) is 0 Å². The maximum absolute atomic E-state index is 5.95. The van der Waals surface area contributed by atoms with E-state index in [9.17, 15) is 0 Å². The fourth-order valence-corrected chi connectivity index (χ4v) is 1.96. The van der Waals surface area contributed by atoms with Gasteiger partial charge in [0, 0.05) is 11.1 Å². The lowest BCUT2D eigenvalue weighted by atomic mass is 10.2. The molecule has 0 bridgehead atoms. The Bertz CT molecular complexity index is 505. The van der Waals surface area contributed by atoms with Crippen LogP contribution in [-0.2, 0) is 2.14 Å². The van der Waals surface area contributed by atoms with Gasteiger partial charge in [-0.2, -0.15) is 0 Å². The van der Waals surface area contributed by atoms with Crippen molar-refractivity contribution in [3.8, 4) is 0 Å². The highest BCUT2D eigenvalue weighted by atomic mass is 80.0. The van der Waals surface area contributed by atoms with Crippen molar-refractivity contribution in [3.63, 3.8) is 0 Å². The summed E-state index contributed by atoms with van der Waals surface area (Å²) in [5.74, 6) is 0. The van der Waals surface area contributed by atoms with E-state index in [-0.39, 0.29) is 0 Å². The van der Waals surface area contributed by atoms with E-state index in [0.717, 1.165) is 22.3 Å². The molecule has 0 aliphatic rings. The monoisotopic (exact) mass is 392 g/mol. The van der Waals surface area contributed by atoms with Crippen LogP contribution in [0.1, 0.15) is 5.69 Å². The Morgan fingerprint density at radius 2 is 1.80 bits per heavy atom. The molecule has 0 radical (unpaired) electrons. The Morgan fingerprint density at radius 3 is 2.47 bits per heavy atom. The third kappa shape index (κ3) is 2.34. The van der Waals surface area contributed by atoms with Crippen molar-refractivity contribution in [2.75, 3.05) is 5.73 Å². The van der Waals surface area contributed by atoms with Gasteiger partial charge in [0.15, 0.2) is 2.14 Å². The second kappa shape index (κ2) is 4.03. The number of nitrogens with two attached hydrogens (primary N) is 1. The second-order valence-electron chi connectivity index (χ2n) is 3.11. The van der Waals surface area contributed by atoms with E-state index in [1.807, 2.05) is 30.3 Å². The molecule has 2 N–H and O–H groups in total. The molecule has 15 heavy (non-hydrogen) atoms. The van der Waals surface area contributed by atoms with Gasteiger partial charge in [-0.3, -0.25) is 0 Å². The van der Waals surface area contributed by atoms with Crippen molar-refractivity contribution in [1.29, 1.82) is 0 Å². The van der Waals surface area contributed by atoms with Gasteiger partial charge in [-0.1, -0.05) is 66.0 Å². The van der Waals surface area contributed by atoms with E-state index >= 15 is 0 Å². The predicted molar refractivity (Wildman–Crippen MR) is 74.6 cm³/mol. The molecule has 0 amide bonds. The highest BCUT2D eigenvalue weighted by Gasteiger charge is 2.23. The van der Waals surface area contributed by atoms with Gasteiger partial charge in [-0.25, -0.2) is 4.98 Å². The maximum Gasteiger partial charge on any atom is 0.176 e. The van der Waals surface area contributed by atoms with Gasteiger partial charge in [-0.05, 0) is 12.1 Å². The molecule has 5 heteroatoms. The molecule has 0 unspecified atom stereocenters. The molecule has 0 aliphatic heterocycles. The molecule has 2 aromatic rings. The van der Waals surface area contributed by atoms with Crippen LogP contribution in [0.25, 0.3) is 10.9 Å². The van der Waals surface area contributed by atoms with Gasteiger partial charge in [0.25, 0.3) is 0 Å². The fraction of sp³-hybridized carbons (Fsp3) is 0.100. The number of anilines is 1. The average Bonchev–Trinajstić information content (AvgIpc) is 2.16. The summed E-state index contributed by atoms with van der Waals surface area (Å²) in [6.45, 7) is 0. The molecule has 0 saturated carbocycles. The summed E-state index contributed by atoms with van der Waals surface area (Å²) in [4.78, 5) is 4.49. The minimum atomic E-state index is -0.523. The Hall–Kier alpha value is -0.130. The summed E-state index contributed by atoms with van der Waals surface area (Å²) < 4.78 is -0.523. The SMILES string of the molecule is Nc1cc(C(Br)(Br)Br)nc2ccccc12. The number of rotatable bonds is 0. The maximum atomic E-state index is 5.95. The molecule has 0 fully saturated rings. The Balaban J connectivity index is 2.73. The summed E-state index contributed by atoms with van der Waals surface area (Å²) in [5, 5.41) is 0.970. The number of alkyl halides is 3. The van der Waals surface area contributed by atoms with E-state index in [2.05, 4.69) is 52.8 Å². The van der Waals surface area contributed by atoms with E-state index in [4.69, 9.17) is 5.73 Å². The molecule has 1 aromatic heterocycles. The number of pyridine rings is 1. The largest absolute Gasteiger partial charge is 0.398 e. The van der Waals surface area contributed by atoms with Gasteiger partial charge in [0.2, 0.25) is 0 Å². The van der Waals surface area contributed by atoms with Crippen molar-refractivity contribution in [3.05, 3.63) is 36.0 Å². The highest BCUT2D eigenvalue weighted by molar-refractivity contribution is 9.38. The molecule has 1 aromatic carbocycles. The molecule has 1 heterocycles. The number of fused-ring (bicyclic) bond motifs is 1. The first-order valence-corrected chi connectivity index (χ1v) is 6.59. The third-order valence-corrected chi connectivity index (χ3v) is 3.26. The van der Waals surface area contributed by atoms with Crippen LogP contribution in [0, 0.1) is 0 Å². The number of aromatic nitrogens is 1. The van der Waals surface area contributed by atoms with Crippen molar-refractivity contribution in [2.24, 2.45) is 0 Å². The van der Waals surface area contributed by atoms with Gasteiger partial charge >= 0.3 is 0 Å². The van der Waals surface area contributed by atoms with Crippen LogP contribution in [0.4, 0.5) is 5.69 Å². The van der Waals surface area contributed by atoms with Gasteiger partial charge in [0.1, 0.15) is 0 Å². The molecule has 0 spiro atoms. The van der Waals surface area contributed by atoms with Crippen molar-refractivity contribution < 1.29 is 0 Å². The third-order valence-electron chi connectivity index (χ3n) is 2.04. The average molecular weight is 395 g/mol. The fourth-order valence-electron chi connectivity index (χ4n) is 1.35. The lowest BCUT2D eigenvalue weighted by Crippen LogP contribution is -2.03. The zero-order valence-electron chi connectivity index (χ0n) is 7.55. The first-order chi connectivity index (χ1) is 6.98. The molecular weight excluding hydrogens is 388 g/mol. The van der Waals surface area contributed by atoms with E-state index in [1.54, 1.807) is 0 Å². The topological polar surface area (TPSA) is 38.9 Å².